The highest BCUT2D eigenvalue weighted by Crippen LogP contribution is 2.39. The maximum Gasteiger partial charge on any atom is 0.332 e. The van der Waals surface area contributed by atoms with Gasteiger partial charge in [-0.25, -0.2) is 4.68 Å². The molecule has 7 nitrogen and oxygen atoms in total. The summed E-state index contributed by atoms with van der Waals surface area (Å²) in [6.45, 7) is 3.73. The smallest absolute Gasteiger partial charge is 0.332 e. The number of aromatic nitrogens is 3. The van der Waals surface area contributed by atoms with E-state index in [1.165, 1.54) is 23.0 Å². The predicted octanol–water partition coefficient (Wildman–Crippen LogP) is 0.401. The second-order valence-corrected chi connectivity index (χ2v) is 8.09. The van der Waals surface area contributed by atoms with Crippen LogP contribution in [0.1, 0.15) is 26.8 Å². The molecule has 1 fully saturated rings. The van der Waals surface area contributed by atoms with Gasteiger partial charge >= 0.3 is 11.1 Å². The molecule has 4 rings (SSSR count). The van der Waals surface area contributed by atoms with E-state index in [1.807, 2.05) is 24.0 Å². The summed E-state index contributed by atoms with van der Waals surface area (Å²) in [6.07, 6.45) is 1.45. The van der Waals surface area contributed by atoms with Crippen molar-refractivity contribution in [2.45, 2.75) is 26.3 Å². The van der Waals surface area contributed by atoms with Crippen LogP contribution in [0.25, 0.3) is 0 Å². The number of fused-ring (bicyclic) bond motifs is 1. The van der Waals surface area contributed by atoms with Crippen LogP contribution in [0.3, 0.4) is 0 Å². The molecular formula is C16H18N4O3S. The number of carbonyl (C=O) groups excluding carboxylic acids is 1. The Hall–Kier alpha value is -2.22. The Kier molecular flexibility index (Phi) is 3.28. The van der Waals surface area contributed by atoms with Crippen molar-refractivity contribution in [1.82, 2.24) is 19.2 Å². The fourth-order valence-corrected chi connectivity index (χ4v) is 4.59. The van der Waals surface area contributed by atoms with Crippen molar-refractivity contribution < 1.29 is 4.79 Å². The summed E-state index contributed by atoms with van der Waals surface area (Å²) in [4.78, 5) is 40.3. The second-order valence-electron chi connectivity index (χ2n) is 6.80. The highest BCUT2D eigenvalue weighted by atomic mass is 32.1. The van der Waals surface area contributed by atoms with Gasteiger partial charge in [0.25, 0.3) is 5.91 Å². The van der Waals surface area contributed by atoms with Crippen LogP contribution < -0.4 is 11.1 Å². The molecule has 8 heteroatoms. The Morgan fingerprint density at radius 2 is 2.04 bits per heavy atom. The highest BCUT2D eigenvalue weighted by Gasteiger charge is 2.46. The minimum Gasteiger partial charge on any atom is -0.337 e. The minimum absolute atomic E-state index is 0.0521. The van der Waals surface area contributed by atoms with Gasteiger partial charge in [0.05, 0.1) is 4.88 Å². The monoisotopic (exact) mass is 346 g/mol. The number of hydrogen-bond acceptors (Lipinski definition) is 5. The van der Waals surface area contributed by atoms with Crippen LogP contribution in [-0.4, -0.2) is 38.2 Å². The van der Waals surface area contributed by atoms with Gasteiger partial charge in [0.15, 0.2) is 0 Å². The minimum atomic E-state index is -0.601. The van der Waals surface area contributed by atoms with Crippen molar-refractivity contribution in [1.29, 1.82) is 0 Å². The third-order valence-corrected chi connectivity index (χ3v) is 5.99. The van der Waals surface area contributed by atoms with E-state index in [2.05, 4.69) is 5.10 Å². The lowest BCUT2D eigenvalue weighted by atomic mass is 9.86. The molecule has 0 N–H and O–H groups in total. The molecule has 1 spiro atoms. The van der Waals surface area contributed by atoms with Gasteiger partial charge in [0.1, 0.15) is 5.82 Å². The van der Waals surface area contributed by atoms with Crippen LogP contribution in [-0.2, 0) is 20.0 Å². The quantitative estimate of drug-likeness (QED) is 0.701. The number of likely N-dealkylation sites (tertiary alicyclic amines) is 1. The molecule has 0 radical (unpaired) electrons. The van der Waals surface area contributed by atoms with Crippen molar-refractivity contribution in [2.75, 3.05) is 13.1 Å². The lowest BCUT2D eigenvalue weighted by molar-refractivity contribution is 0.0776. The van der Waals surface area contributed by atoms with Gasteiger partial charge in [0, 0.05) is 43.4 Å². The van der Waals surface area contributed by atoms with E-state index >= 15 is 0 Å². The molecule has 2 aliphatic heterocycles. The molecule has 24 heavy (non-hydrogen) atoms. The molecule has 0 aromatic carbocycles. The first-order chi connectivity index (χ1) is 11.4. The number of rotatable bonds is 1. The predicted molar refractivity (Wildman–Crippen MR) is 89.5 cm³/mol. The third-order valence-electron chi connectivity index (χ3n) is 5.00. The maximum atomic E-state index is 12.6. The summed E-state index contributed by atoms with van der Waals surface area (Å²) in [5, 5.41) is 4.23. The van der Waals surface area contributed by atoms with Crippen LogP contribution in [0.5, 0.6) is 0 Å². The number of nitrogens with zero attached hydrogens (tertiary/aromatic N) is 4. The third kappa shape index (κ3) is 2.24. The molecule has 0 aliphatic carbocycles. The summed E-state index contributed by atoms with van der Waals surface area (Å²) in [6, 6.07) is 3.82. The van der Waals surface area contributed by atoms with Gasteiger partial charge in [-0.05, 0) is 25.5 Å². The van der Waals surface area contributed by atoms with Crippen molar-refractivity contribution in [3.63, 3.8) is 0 Å². The first-order valence-corrected chi connectivity index (χ1v) is 8.73. The molecule has 4 heterocycles. The van der Waals surface area contributed by atoms with Crippen LogP contribution in [0, 0.1) is 12.3 Å². The Morgan fingerprint density at radius 1 is 1.25 bits per heavy atom. The van der Waals surface area contributed by atoms with Crippen LogP contribution in [0.2, 0.25) is 0 Å². The molecule has 1 saturated heterocycles. The summed E-state index contributed by atoms with van der Waals surface area (Å²) in [7, 11) is 1.50. The number of hydrogen-bond donors (Lipinski definition) is 0. The molecule has 2 aromatic rings. The van der Waals surface area contributed by atoms with E-state index in [4.69, 9.17) is 0 Å². The number of carbonyl (C=O) groups is 1. The van der Waals surface area contributed by atoms with Crippen molar-refractivity contribution >= 4 is 17.2 Å². The zero-order valence-corrected chi connectivity index (χ0v) is 14.4. The summed E-state index contributed by atoms with van der Waals surface area (Å²) >= 11 is 1.50. The Morgan fingerprint density at radius 3 is 2.75 bits per heavy atom. The zero-order chi connectivity index (χ0) is 17.1. The maximum absolute atomic E-state index is 12.6. The fourth-order valence-electron chi connectivity index (χ4n) is 3.75. The van der Waals surface area contributed by atoms with Crippen LogP contribution in [0.15, 0.2) is 21.7 Å². The summed E-state index contributed by atoms with van der Waals surface area (Å²) in [5.41, 5.74) is -1.30. The SMILES string of the molecule is Cc1ccc(C(=O)N2CCC3(Cc4nn(C)c(=O)c(=O)n4C3)C2)s1. The van der Waals surface area contributed by atoms with Crippen molar-refractivity contribution in [2.24, 2.45) is 12.5 Å². The van der Waals surface area contributed by atoms with Gasteiger partial charge in [-0.15, -0.1) is 11.3 Å². The Bertz CT molecular complexity index is 957. The van der Waals surface area contributed by atoms with Gasteiger partial charge < -0.3 is 4.90 Å². The molecular weight excluding hydrogens is 328 g/mol. The van der Waals surface area contributed by atoms with Crippen molar-refractivity contribution in [3.8, 4) is 0 Å². The normalized spacial score (nSPS) is 22.3. The van der Waals surface area contributed by atoms with E-state index in [1.54, 1.807) is 0 Å². The highest BCUT2D eigenvalue weighted by molar-refractivity contribution is 7.13. The molecule has 1 atom stereocenters. The zero-order valence-electron chi connectivity index (χ0n) is 13.6. The number of thiophene rings is 1. The molecule has 2 aliphatic rings. The van der Waals surface area contributed by atoms with E-state index in [0.717, 1.165) is 20.9 Å². The molecule has 2 aromatic heterocycles. The van der Waals surface area contributed by atoms with Gasteiger partial charge in [-0.1, -0.05) is 0 Å². The number of aryl methyl sites for hydroxylation is 2. The van der Waals surface area contributed by atoms with E-state index < -0.39 is 11.1 Å². The molecule has 1 unspecified atom stereocenters. The standard InChI is InChI=1S/C16H18N4O3S/c1-10-3-4-11(24-10)13(21)19-6-5-16(8-19)7-12-17-18(2)14(22)15(23)20(12)9-16/h3-4H,5-9H2,1-2H3. The van der Waals surface area contributed by atoms with Crippen LogP contribution >= 0.6 is 11.3 Å². The van der Waals surface area contributed by atoms with E-state index in [-0.39, 0.29) is 11.3 Å². The lowest BCUT2D eigenvalue weighted by Gasteiger charge is -2.22. The molecule has 0 saturated carbocycles. The van der Waals surface area contributed by atoms with Crippen molar-refractivity contribution in [3.05, 3.63) is 48.4 Å². The lowest BCUT2D eigenvalue weighted by Crippen LogP contribution is -2.42. The van der Waals surface area contributed by atoms with Crippen LogP contribution in [0.4, 0.5) is 0 Å². The molecule has 126 valence electrons. The average molecular weight is 346 g/mol. The number of amides is 1. The average Bonchev–Trinajstić information content (AvgIpc) is 3.24. The van der Waals surface area contributed by atoms with Gasteiger partial charge in [0.2, 0.25) is 0 Å². The van der Waals surface area contributed by atoms with E-state index in [9.17, 15) is 14.4 Å². The second kappa shape index (κ2) is 5.14. The Labute approximate surface area is 142 Å². The first kappa shape index (κ1) is 15.3. The topological polar surface area (TPSA) is 77.2 Å². The molecule has 1 amide bonds. The molecule has 0 bridgehead atoms. The largest absolute Gasteiger partial charge is 0.337 e. The van der Waals surface area contributed by atoms with Gasteiger partial charge in [-0.2, -0.15) is 5.10 Å². The fraction of sp³-hybridized carbons (Fsp3) is 0.500. The Balaban J connectivity index is 1.59. The van der Waals surface area contributed by atoms with E-state index in [0.29, 0.717) is 31.9 Å². The summed E-state index contributed by atoms with van der Waals surface area (Å²) in [5.74, 6) is 0.694. The summed E-state index contributed by atoms with van der Waals surface area (Å²) < 4.78 is 2.60. The first-order valence-electron chi connectivity index (χ1n) is 7.91. The van der Waals surface area contributed by atoms with Gasteiger partial charge in [-0.3, -0.25) is 19.0 Å².